The summed E-state index contributed by atoms with van der Waals surface area (Å²) < 4.78 is 26.6. The summed E-state index contributed by atoms with van der Waals surface area (Å²) in [5, 5.41) is 16.8. The van der Waals surface area contributed by atoms with Crippen LogP contribution in [0.25, 0.3) is 22.7 Å². The van der Waals surface area contributed by atoms with E-state index in [4.69, 9.17) is 23.7 Å². The third-order valence-electron chi connectivity index (χ3n) is 6.39. The number of ether oxygens (including phenoxy) is 3. The van der Waals surface area contributed by atoms with E-state index in [9.17, 15) is 0 Å². The SMILES string of the molecule is C[n+]1c(/C=C2\C=CN(CCOCCOCCn3cc(COCCO)nn3)c3ccccc32)oc2ccccc21. The Morgan fingerprint density at radius 1 is 0.949 bits per heavy atom. The molecule has 0 bridgehead atoms. The van der Waals surface area contributed by atoms with Crippen LogP contribution in [-0.4, -0.2) is 66.3 Å². The Labute approximate surface area is 227 Å². The summed E-state index contributed by atoms with van der Waals surface area (Å²) in [6, 6.07) is 16.4. The van der Waals surface area contributed by atoms with E-state index in [-0.39, 0.29) is 13.2 Å². The molecule has 10 nitrogen and oxygen atoms in total. The predicted molar refractivity (Wildman–Crippen MR) is 147 cm³/mol. The number of para-hydroxylation sites is 3. The Bertz CT molecular complexity index is 1430. The Morgan fingerprint density at radius 3 is 2.59 bits per heavy atom. The Hall–Kier alpha value is -3.83. The number of aromatic nitrogens is 4. The molecule has 0 atom stereocenters. The molecule has 0 spiro atoms. The van der Waals surface area contributed by atoms with E-state index in [2.05, 4.69) is 68.5 Å². The van der Waals surface area contributed by atoms with Crippen molar-refractivity contribution < 1.29 is 28.3 Å². The third-order valence-corrected chi connectivity index (χ3v) is 6.39. The summed E-state index contributed by atoms with van der Waals surface area (Å²) >= 11 is 0. The van der Waals surface area contributed by atoms with E-state index in [1.807, 2.05) is 31.4 Å². The van der Waals surface area contributed by atoms with Crippen molar-refractivity contribution in [1.29, 1.82) is 0 Å². The minimum Gasteiger partial charge on any atom is -0.398 e. The lowest BCUT2D eigenvalue weighted by Gasteiger charge is -2.27. The van der Waals surface area contributed by atoms with E-state index in [1.54, 1.807) is 4.68 Å². The summed E-state index contributed by atoms with van der Waals surface area (Å²) in [6.45, 7) is 4.08. The van der Waals surface area contributed by atoms with Crippen LogP contribution in [0.5, 0.6) is 0 Å². The highest BCUT2D eigenvalue weighted by atomic mass is 16.5. The van der Waals surface area contributed by atoms with Crippen molar-refractivity contribution in [3.63, 3.8) is 0 Å². The summed E-state index contributed by atoms with van der Waals surface area (Å²) in [5.41, 5.74) is 6.05. The van der Waals surface area contributed by atoms with Crippen LogP contribution >= 0.6 is 0 Å². The van der Waals surface area contributed by atoms with Crippen LogP contribution in [0.15, 0.2) is 71.4 Å². The second-order valence-electron chi connectivity index (χ2n) is 9.07. The second-order valence-corrected chi connectivity index (χ2v) is 9.07. The number of hydrogen-bond acceptors (Lipinski definition) is 8. The van der Waals surface area contributed by atoms with Crippen LogP contribution in [0.1, 0.15) is 17.1 Å². The van der Waals surface area contributed by atoms with Gasteiger partial charge in [-0.05, 0) is 23.8 Å². The van der Waals surface area contributed by atoms with Crippen LogP contribution in [0.2, 0.25) is 0 Å². The molecule has 0 saturated heterocycles. The molecule has 1 N–H and O–H groups in total. The zero-order valence-corrected chi connectivity index (χ0v) is 22.1. The van der Waals surface area contributed by atoms with Gasteiger partial charge in [0.05, 0.1) is 65.1 Å². The molecule has 0 amide bonds. The molecular weight excluding hydrogens is 498 g/mol. The molecule has 39 heavy (non-hydrogen) atoms. The summed E-state index contributed by atoms with van der Waals surface area (Å²) in [6.07, 6.45) is 8.12. The number of benzene rings is 2. The van der Waals surface area contributed by atoms with Crippen molar-refractivity contribution >= 4 is 28.4 Å². The number of aryl methyl sites for hydroxylation is 1. The number of aliphatic hydroxyl groups is 1. The Morgan fingerprint density at radius 2 is 1.74 bits per heavy atom. The standard InChI is InChI=1S/C29H34N5O5/c1-32-27-8-4-5-9-28(27)39-29(32)20-23-10-11-33(26-7-3-2-6-25(23)26)12-15-36-18-19-37-16-13-34-21-24(30-31-34)22-38-17-14-35/h2-11,20-21,35H,12-19,22H2,1H3/q+1. The van der Waals surface area contributed by atoms with Gasteiger partial charge < -0.3 is 28.6 Å². The number of allylic oxidation sites excluding steroid dienone is 2. The fourth-order valence-electron chi connectivity index (χ4n) is 4.41. The molecule has 0 saturated carbocycles. The monoisotopic (exact) mass is 532 g/mol. The van der Waals surface area contributed by atoms with Crippen molar-refractivity contribution in [2.75, 3.05) is 51.1 Å². The fraction of sp³-hybridized carbons (Fsp3) is 0.345. The Balaban J connectivity index is 1.07. The van der Waals surface area contributed by atoms with Gasteiger partial charge in [-0.3, -0.25) is 0 Å². The number of oxazole rings is 1. The molecule has 204 valence electrons. The lowest BCUT2D eigenvalue weighted by molar-refractivity contribution is -0.651. The normalized spacial score (nSPS) is 14.0. The van der Waals surface area contributed by atoms with Crippen molar-refractivity contribution in [3.05, 3.63) is 84.2 Å². The molecule has 2 aromatic heterocycles. The molecule has 10 heteroatoms. The highest BCUT2D eigenvalue weighted by Crippen LogP contribution is 2.33. The van der Waals surface area contributed by atoms with Crippen molar-refractivity contribution in [2.24, 2.45) is 7.05 Å². The maximum atomic E-state index is 8.75. The number of aliphatic hydroxyl groups excluding tert-OH is 1. The van der Waals surface area contributed by atoms with Gasteiger partial charge in [0.1, 0.15) is 12.7 Å². The van der Waals surface area contributed by atoms with E-state index in [1.165, 1.54) is 0 Å². The maximum Gasteiger partial charge on any atom is 0.374 e. The molecule has 0 unspecified atom stereocenters. The molecule has 3 heterocycles. The van der Waals surface area contributed by atoms with E-state index >= 15 is 0 Å². The van der Waals surface area contributed by atoms with Gasteiger partial charge in [0.2, 0.25) is 5.58 Å². The highest BCUT2D eigenvalue weighted by molar-refractivity contribution is 5.93. The fourth-order valence-corrected chi connectivity index (χ4v) is 4.41. The molecule has 0 radical (unpaired) electrons. The van der Waals surface area contributed by atoms with Crippen molar-refractivity contribution in [1.82, 2.24) is 15.0 Å². The third kappa shape index (κ3) is 6.79. The topological polar surface area (TPSA) is 98.9 Å². The molecule has 5 rings (SSSR count). The number of fused-ring (bicyclic) bond motifs is 2. The van der Waals surface area contributed by atoms with Crippen LogP contribution in [-0.2, 0) is 34.4 Å². The highest BCUT2D eigenvalue weighted by Gasteiger charge is 2.20. The van der Waals surface area contributed by atoms with Gasteiger partial charge in [-0.2, -0.15) is 4.57 Å². The first kappa shape index (κ1) is 26.8. The van der Waals surface area contributed by atoms with Crippen LogP contribution in [0, 0.1) is 0 Å². The van der Waals surface area contributed by atoms with Gasteiger partial charge in [0.15, 0.2) is 0 Å². The lowest BCUT2D eigenvalue weighted by Crippen LogP contribution is -2.29. The predicted octanol–water partition coefficient (Wildman–Crippen LogP) is 2.97. The largest absolute Gasteiger partial charge is 0.398 e. The molecule has 0 aliphatic carbocycles. The van der Waals surface area contributed by atoms with E-state index in [0.717, 1.165) is 46.1 Å². The number of nitrogens with zero attached hydrogens (tertiary/aromatic N) is 5. The first-order chi connectivity index (χ1) is 19.2. The summed E-state index contributed by atoms with van der Waals surface area (Å²) in [5.74, 6) is 0.804. The van der Waals surface area contributed by atoms with Gasteiger partial charge in [-0.25, -0.2) is 4.68 Å². The van der Waals surface area contributed by atoms with Crippen LogP contribution in [0.4, 0.5) is 5.69 Å². The van der Waals surface area contributed by atoms with Gasteiger partial charge in [-0.15, -0.1) is 5.10 Å². The minimum absolute atomic E-state index is 0.00614. The molecule has 1 aliphatic heterocycles. The van der Waals surface area contributed by atoms with E-state index in [0.29, 0.717) is 39.6 Å². The van der Waals surface area contributed by atoms with Gasteiger partial charge in [0.25, 0.3) is 5.52 Å². The average molecular weight is 533 g/mol. The zero-order chi connectivity index (χ0) is 26.9. The van der Waals surface area contributed by atoms with Gasteiger partial charge in [-0.1, -0.05) is 35.5 Å². The van der Waals surface area contributed by atoms with Crippen LogP contribution < -0.4 is 9.47 Å². The molecule has 2 aromatic carbocycles. The smallest absolute Gasteiger partial charge is 0.374 e. The quantitative estimate of drug-likeness (QED) is 0.196. The average Bonchev–Trinajstić information content (AvgIpc) is 3.55. The van der Waals surface area contributed by atoms with Gasteiger partial charge >= 0.3 is 5.89 Å². The second kappa shape index (κ2) is 13.3. The molecular formula is C29H34N5O5+. The van der Waals surface area contributed by atoms with E-state index < -0.39 is 0 Å². The van der Waals surface area contributed by atoms with Crippen LogP contribution in [0.3, 0.4) is 0 Å². The molecule has 0 fully saturated rings. The zero-order valence-electron chi connectivity index (χ0n) is 22.1. The maximum absolute atomic E-state index is 8.75. The Kier molecular flexibility index (Phi) is 9.13. The molecule has 4 aromatic rings. The first-order valence-electron chi connectivity index (χ1n) is 13.1. The van der Waals surface area contributed by atoms with Gasteiger partial charge in [0, 0.05) is 30.1 Å². The number of anilines is 1. The number of hydrogen-bond donors (Lipinski definition) is 1. The summed E-state index contributed by atoms with van der Waals surface area (Å²) in [7, 11) is 2.02. The van der Waals surface area contributed by atoms with Crippen molar-refractivity contribution in [2.45, 2.75) is 13.2 Å². The molecule has 1 aliphatic rings. The number of rotatable bonds is 14. The summed E-state index contributed by atoms with van der Waals surface area (Å²) in [4.78, 5) is 2.21. The lowest BCUT2D eigenvalue weighted by atomic mass is 9.99. The first-order valence-corrected chi connectivity index (χ1v) is 13.1. The minimum atomic E-state index is -0.00614. The van der Waals surface area contributed by atoms with Crippen molar-refractivity contribution in [3.8, 4) is 0 Å².